The molecule has 2 unspecified atom stereocenters. The molecule has 10 N–H and O–H groups in total. The molecule has 0 spiro atoms. The summed E-state index contributed by atoms with van der Waals surface area (Å²) in [6.07, 6.45) is 0. The predicted octanol–water partition coefficient (Wildman–Crippen LogP) is -1.75. The molecule has 0 saturated carbocycles. The molecular weight excluding hydrogens is 225 g/mol. The van der Waals surface area contributed by atoms with Gasteiger partial charge in [0.1, 0.15) is 5.75 Å². The second kappa shape index (κ2) is 3.13. The van der Waals surface area contributed by atoms with Gasteiger partial charge in [0.2, 0.25) is 5.85 Å². The van der Waals surface area contributed by atoms with E-state index in [4.69, 9.17) is 33.4 Å². The summed E-state index contributed by atoms with van der Waals surface area (Å²) in [7, 11) is 2.39. The Morgan fingerprint density at radius 2 is 1.56 bits per heavy atom. The van der Waals surface area contributed by atoms with Crippen molar-refractivity contribution in [1.82, 2.24) is 0 Å². The van der Waals surface area contributed by atoms with Crippen LogP contribution in [0.1, 0.15) is 5.56 Å². The number of nitrogens with two attached hydrogens (primary N) is 5. The first-order valence-electron chi connectivity index (χ1n) is 4.72. The largest absolute Gasteiger partial charge is 0.456 e. The molecule has 1 aromatic rings. The summed E-state index contributed by atoms with van der Waals surface area (Å²) >= 11 is 0. The average molecular weight is 241 g/mol. The van der Waals surface area contributed by atoms with Crippen LogP contribution in [0.3, 0.4) is 0 Å². The van der Waals surface area contributed by atoms with Gasteiger partial charge in [0.25, 0.3) is 0 Å². The first kappa shape index (κ1) is 11.7. The summed E-state index contributed by atoms with van der Waals surface area (Å²) in [4.78, 5) is 0. The summed E-state index contributed by atoms with van der Waals surface area (Å²) in [5.74, 6) is -1.26. The Kier molecular flexibility index (Phi) is 2.30. The van der Waals surface area contributed by atoms with Crippen molar-refractivity contribution in [2.24, 2.45) is 28.7 Å². The Hall–Kier alpha value is -0.750. The molecule has 16 heavy (non-hydrogen) atoms. The minimum absolute atomic E-state index is 0.483. The normalized spacial score (nSPS) is 30.4. The van der Waals surface area contributed by atoms with Gasteiger partial charge in [-0.3, -0.25) is 11.5 Å². The van der Waals surface area contributed by atoms with Gasteiger partial charge in [-0.15, -0.1) is 9.24 Å². The van der Waals surface area contributed by atoms with E-state index in [1.54, 1.807) is 18.2 Å². The second-order valence-electron chi connectivity index (χ2n) is 4.13. The fourth-order valence-electron chi connectivity index (χ4n) is 1.71. The zero-order chi connectivity index (χ0) is 12.2. The molecule has 1 aromatic carbocycles. The van der Waals surface area contributed by atoms with Gasteiger partial charge in [-0.25, -0.2) is 0 Å². The lowest BCUT2D eigenvalue weighted by atomic mass is 9.87. The maximum absolute atomic E-state index is 6.12. The average Bonchev–Trinajstić information content (AvgIpc) is 2.15. The lowest BCUT2D eigenvalue weighted by molar-refractivity contribution is -0.0378. The Labute approximate surface area is 95.7 Å². The van der Waals surface area contributed by atoms with Gasteiger partial charge in [0.15, 0.2) is 5.66 Å². The van der Waals surface area contributed by atoms with E-state index >= 15 is 0 Å². The van der Waals surface area contributed by atoms with Gasteiger partial charge in [-0.2, -0.15) is 0 Å². The molecule has 0 aliphatic carbocycles. The van der Waals surface area contributed by atoms with Crippen LogP contribution in [0.5, 0.6) is 5.75 Å². The first-order chi connectivity index (χ1) is 7.20. The maximum atomic E-state index is 6.12. The molecule has 0 radical (unpaired) electrons. The van der Waals surface area contributed by atoms with Gasteiger partial charge >= 0.3 is 0 Å². The van der Waals surface area contributed by atoms with Crippen molar-refractivity contribution in [3.8, 4) is 5.75 Å². The summed E-state index contributed by atoms with van der Waals surface area (Å²) < 4.78 is 5.38. The summed E-state index contributed by atoms with van der Waals surface area (Å²) in [6.45, 7) is 0. The maximum Gasteiger partial charge on any atom is 0.246 e. The Balaban J connectivity index is 2.68. The highest BCUT2D eigenvalue weighted by Gasteiger charge is 2.59. The van der Waals surface area contributed by atoms with E-state index in [0.29, 0.717) is 11.3 Å². The van der Waals surface area contributed by atoms with Crippen molar-refractivity contribution < 1.29 is 4.74 Å². The molecule has 0 bridgehead atoms. The van der Waals surface area contributed by atoms with Crippen LogP contribution in [0, 0.1) is 0 Å². The minimum atomic E-state index is -1.74. The third-order valence-electron chi connectivity index (χ3n) is 2.94. The SMILES string of the molecule is NC1(N)Oc2ccccc2C(N)(P)C1(N)N. The highest BCUT2D eigenvalue weighted by atomic mass is 31.0. The summed E-state index contributed by atoms with van der Waals surface area (Å²) in [5, 5.41) is -1.16. The molecule has 88 valence electrons. The monoisotopic (exact) mass is 241 g/mol. The van der Waals surface area contributed by atoms with Crippen LogP contribution in [0.25, 0.3) is 0 Å². The van der Waals surface area contributed by atoms with Crippen LogP contribution in [-0.4, -0.2) is 11.5 Å². The van der Waals surface area contributed by atoms with Crippen molar-refractivity contribution >= 4 is 9.24 Å². The van der Waals surface area contributed by atoms with Gasteiger partial charge in [0, 0.05) is 5.56 Å². The lowest BCUT2D eigenvalue weighted by Gasteiger charge is -2.52. The molecule has 2 atom stereocenters. The van der Waals surface area contributed by atoms with Gasteiger partial charge in [-0.05, 0) is 6.07 Å². The predicted molar refractivity (Wildman–Crippen MR) is 64.9 cm³/mol. The molecule has 1 aliphatic rings. The first-order valence-corrected chi connectivity index (χ1v) is 5.29. The van der Waals surface area contributed by atoms with Gasteiger partial charge in [-0.1, -0.05) is 18.2 Å². The van der Waals surface area contributed by atoms with E-state index in [0.717, 1.165) is 0 Å². The van der Waals surface area contributed by atoms with Crippen LogP contribution in [-0.2, 0) is 5.28 Å². The number of hydrogen-bond donors (Lipinski definition) is 5. The van der Waals surface area contributed by atoms with Crippen LogP contribution >= 0.6 is 9.24 Å². The van der Waals surface area contributed by atoms with E-state index in [1.165, 1.54) is 0 Å². The Morgan fingerprint density at radius 1 is 1.00 bits per heavy atom. The minimum Gasteiger partial charge on any atom is -0.456 e. The fourth-order valence-corrected chi connectivity index (χ4v) is 2.17. The van der Waals surface area contributed by atoms with Crippen molar-refractivity contribution in [2.45, 2.75) is 16.8 Å². The third kappa shape index (κ3) is 1.29. The molecule has 0 fully saturated rings. The topological polar surface area (TPSA) is 139 Å². The Bertz CT molecular complexity index is 432. The quantitative estimate of drug-likeness (QED) is 0.269. The lowest BCUT2D eigenvalue weighted by Crippen LogP contribution is -2.87. The van der Waals surface area contributed by atoms with Gasteiger partial charge < -0.3 is 21.9 Å². The molecule has 1 heterocycles. The number of hydrogen-bond acceptors (Lipinski definition) is 6. The van der Waals surface area contributed by atoms with E-state index in [-0.39, 0.29) is 0 Å². The van der Waals surface area contributed by atoms with Crippen LogP contribution in [0.2, 0.25) is 0 Å². The molecule has 0 aromatic heterocycles. The van der Waals surface area contributed by atoms with Crippen molar-refractivity contribution in [3.63, 3.8) is 0 Å². The van der Waals surface area contributed by atoms with E-state index in [1.807, 2.05) is 6.07 Å². The molecule has 7 heteroatoms. The summed E-state index contributed by atoms with van der Waals surface area (Å²) in [6, 6.07) is 7.08. The molecule has 0 amide bonds. The van der Waals surface area contributed by atoms with E-state index in [9.17, 15) is 0 Å². The smallest absolute Gasteiger partial charge is 0.246 e. The zero-order valence-electron chi connectivity index (χ0n) is 8.68. The molecule has 1 aliphatic heterocycles. The van der Waals surface area contributed by atoms with Crippen molar-refractivity contribution in [3.05, 3.63) is 29.8 Å². The number of para-hydroxylation sites is 1. The van der Waals surface area contributed by atoms with Crippen LogP contribution in [0.15, 0.2) is 24.3 Å². The number of benzene rings is 1. The molecule has 0 saturated heterocycles. The second-order valence-corrected chi connectivity index (χ2v) is 5.04. The molecule has 6 nitrogen and oxygen atoms in total. The van der Waals surface area contributed by atoms with Crippen LogP contribution in [0.4, 0.5) is 0 Å². The number of rotatable bonds is 0. The van der Waals surface area contributed by atoms with E-state index in [2.05, 4.69) is 9.24 Å². The fraction of sp³-hybridized carbons (Fsp3) is 0.333. The van der Waals surface area contributed by atoms with Gasteiger partial charge in [0.05, 0.1) is 5.28 Å². The highest BCUT2D eigenvalue weighted by Crippen LogP contribution is 2.45. The Morgan fingerprint density at radius 3 is 2.19 bits per heavy atom. The highest BCUT2D eigenvalue weighted by molar-refractivity contribution is 7.18. The number of fused-ring (bicyclic) bond motifs is 1. The van der Waals surface area contributed by atoms with Crippen LogP contribution < -0.4 is 33.4 Å². The third-order valence-corrected chi connectivity index (χ3v) is 3.73. The van der Waals surface area contributed by atoms with Crippen molar-refractivity contribution in [2.75, 3.05) is 0 Å². The number of ether oxygens (including phenoxy) is 1. The molecule has 2 rings (SSSR count). The van der Waals surface area contributed by atoms with E-state index < -0.39 is 16.8 Å². The van der Waals surface area contributed by atoms with Crippen molar-refractivity contribution in [1.29, 1.82) is 0 Å². The molecular formula is C9H16N5OP. The zero-order valence-corrected chi connectivity index (χ0v) is 9.84. The standard InChI is InChI=1S/C9H16N5OP/c10-7(16)5-3-1-2-4-6(5)15-9(13,14)8(7,11)12/h1-4H,10-14,16H2. The summed E-state index contributed by atoms with van der Waals surface area (Å²) in [5.41, 5.74) is 28.5.